The molecule has 0 radical (unpaired) electrons. The lowest BCUT2D eigenvalue weighted by Gasteiger charge is -2.09. The Kier molecular flexibility index (Phi) is 6.84. The van der Waals surface area contributed by atoms with Crippen molar-refractivity contribution in [2.24, 2.45) is 0 Å². The summed E-state index contributed by atoms with van der Waals surface area (Å²) in [5.41, 5.74) is 4.54. The maximum atomic E-state index is 13.3. The number of fused-ring (bicyclic) bond motifs is 1. The van der Waals surface area contributed by atoms with Gasteiger partial charge in [0.2, 0.25) is 0 Å². The number of aryl methyl sites for hydroxylation is 3. The Hall–Kier alpha value is -3.78. The quantitative estimate of drug-likeness (QED) is 0.374. The van der Waals surface area contributed by atoms with Crippen molar-refractivity contribution in [3.8, 4) is 0 Å². The number of hydrogen-bond acceptors (Lipinski definition) is 6. The standard InChI is InChI=1S/C27H27N3O4S/c1-15(2)34-27(33)20-9-7-19(8-10-20)13-30-14-28-25-22(26(30)32)18(5)23(35-25)24(31)29-21-11-6-16(3)12-17(21)4/h6-12,14-15H,13H2,1-5H3,(H,29,31). The summed E-state index contributed by atoms with van der Waals surface area (Å²) in [6, 6.07) is 12.8. The molecule has 1 amide bonds. The van der Waals surface area contributed by atoms with E-state index in [4.69, 9.17) is 4.74 Å². The molecule has 0 saturated heterocycles. The fraction of sp³-hybridized carbons (Fsp3) is 0.259. The monoisotopic (exact) mass is 489 g/mol. The lowest BCUT2D eigenvalue weighted by atomic mass is 10.1. The van der Waals surface area contributed by atoms with Gasteiger partial charge in [-0.15, -0.1) is 11.3 Å². The normalized spacial score (nSPS) is 11.1. The number of ether oxygens (including phenoxy) is 1. The van der Waals surface area contributed by atoms with Gasteiger partial charge in [-0.25, -0.2) is 9.78 Å². The molecule has 8 heteroatoms. The van der Waals surface area contributed by atoms with Crippen LogP contribution in [0, 0.1) is 20.8 Å². The Bertz CT molecular complexity index is 1480. The number of aromatic nitrogens is 2. The molecule has 4 aromatic rings. The number of anilines is 1. The number of rotatable bonds is 6. The summed E-state index contributed by atoms with van der Waals surface area (Å²) in [5.74, 6) is -0.639. The smallest absolute Gasteiger partial charge is 0.338 e. The molecule has 2 heterocycles. The number of carbonyl (C=O) groups excluding carboxylic acids is 2. The summed E-state index contributed by atoms with van der Waals surface area (Å²) in [4.78, 5) is 43.8. The molecule has 1 N–H and O–H groups in total. The zero-order valence-corrected chi connectivity index (χ0v) is 21.2. The van der Waals surface area contributed by atoms with E-state index in [1.165, 1.54) is 22.2 Å². The molecule has 4 rings (SSSR count). The molecule has 0 aliphatic carbocycles. The first-order valence-corrected chi connectivity index (χ1v) is 12.1. The third-order valence-corrected chi connectivity index (χ3v) is 6.84. The molecule has 0 unspecified atom stereocenters. The van der Waals surface area contributed by atoms with Crippen LogP contribution in [0.4, 0.5) is 5.69 Å². The van der Waals surface area contributed by atoms with Crippen molar-refractivity contribution in [3.63, 3.8) is 0 Å². The molecule has 0 saturated carbocycles. The van der Waals surface area contributed by atoms with E-state index in [9.17, 15) is 14.4 Å². The second-order valence-corrected chi connectivity index (χ2v) is 9.84. The second kappa shape index (κ2) is 9.84. The van der Waals surface area contributed by atoms with Crippen molar-refractivity contribution in [2.75, 3.05) is 5.32 Å². The number of thiophene rings is 1. The van der Waals surface area contributed by atoms with Gasteiger partial charge in [0.15, 0.2) is 0 Å². The summed E-state index contributed by atoms with van der Waals surface area (Å²) < 4.78 is 6.72. The largest absolute Gasteiger partial charge is 0.459 e. The molecule has 0 aliphatic heterocycles. The predicted molar refractivity (Wildman–Crippen MR) is 139 cm³/mol. The summed E-state index contributed by atoms with van der Waals surface area (Å²) in [5, 5.41) is 3.40. The molecule has 0 bridgehead atoms. The van der Waals surface area contributed by atoms with Crippen LogP contribution in [0.15, 0.2) is 53.6 Å². The van der Waals surface area contributed by atoms with E-state index in [1.54, 1.807) is 45.0 Å². The number of esters is 1. The van der Waals surface area contributed by atoms with E-state index in [1.807, 2.05) is 32.0 Å². The third kappa shape index (κ3) is 5.17. The summed E-state index contributed by atoms with van der Waals surface area (Å²) in [6.07, 6.45) is 1.30. The van der Waals surface area contributed by atoms with Crippen molar-refractivity contribution >= 4 is 39.1 Å². The zero-order valence-electron chi connectivity index (χ0n) is 20.3. The Labute approximate surface area is 207 Å². The molecule has 2 aromatic carbocycles. The maximum absolute atomic E-state index is 13.3. The topological polar surface area (TPSA) is 90.3 Å². The van der Waals surface area contributed by atoms with Crippen LogP contribution in [-0.4, -0.2) is 27.5 Å². The van der Waals surface area contributed by atoms with E-state index in [2.05, 4.69) is 10.3 Å². The number of amides is 1. The minimum Gasteiger partial charge on any atom is -0.459 e. The van der Waals surface area contributed by atoms with Crippen LogP contribution in [-0.2, 0) is 11.3 Å². The highest BCUT2D eigenvalue weighted by Crippen LogP contribution is 2.28. The number of nitrogens with one attached hydrogen (secondary N) is 1. The van der Waals surface area contributed by atoms with Crippen LogP contribution < -0.4 is 10.9 Å². The van der Waals surface area contributed by atoms with E-state index in [-0.39, 0.29) is 23.5 Å². The lowest BCUT2D eigenvalue weighted by molar-refractivity contribution is 0.0377. The Morgan fingerprint density at radius 2 is 1.80 bits per heavy atom. The molecule has 0 aliphatic rings. The van der Waals surface area contributed by atoms with Gasteiger partial charge in [0, 0.05) is 5.69 Å². The van der Waals surface area contributed by atoms with Crippen molar-refractivity contribution in [1.82, 2.24) is 9.55 Å². The molecule has 7 nitrogen and oxygen atoms in total. The fourth-order valence-electron chi connectivity index (χ4n) is 3.85. The highest BCUT2D eigenvalue weighted by Gasteiger charge is 2.20. The van der Waals surface area contributed by atoms with E-state index >= 15 is 0 Å². The predicted octanol–water partition coefficient (Wildman–Crippen LogP) is 5.25. The van der Waals surface area contributed by atoms with Gasteiger partial charge in [-0.1, -0.05) is 29.8 Å². The first-order valence-electron chi connectivity index (χ1n) is 11.3. The summed E-state index contributed by atoms with van der Waals surface area (Å²) >= 11 is 1.21. The van der Waals surface area contributed by atoms with E-state index < -0.39 is 0 Å². The van der Waals surface area contributed by atoms with Crippen molar-refractivity contribution in [1.29, 1.82) is 0 Å². The number of hydrogen-bond donors (Lipinski definition) is 1. The molecule has 0 spiro atoms. The maximum Gasteiger partial charge on any atom is 0.338 e. The molecular weight excluding hydrogens is 462 g/mol. The van der Waals surface area contributed by atoms with Gasteiger partial charge in [0.05, 0.1) is 34.8 Å². The highest BCUT2D eigenvalue weighted by molar-refractivity contribution is 7.20. The van der Waals surface area contributed by atoms with Crippen molar-refractivity contribution in [2.45, 2.75) is 47.3 Å². The Morgan fingerprint density at radius 1 is 1.09 bits per heavy atom. The molecule has 0 fully saturated rings. The third-order valence-electron chi connectivity index (χ3n) is 5.64. The van der Waals surface area contributed by atoms with Gasteiger partial charge in [0.25, 0.3) is 11.5 Å². The van der Waals surface area contributed by atoms with Crippen LogP contribution >= 0.6 is 11.3 Å². The Morgan fingerprint density at radius 3 is 2.46 bits per heavy atom. The SMILES string of the molecule is Cc1ccc(NC(=O)c2sc3ncn(Cc4ccc(C(=O)OC(C)C)cc4)c(=O)c3c2C)c(C)c1. The van der Waals surface area contributed by atoms with E-state index in [0.29, 0.717) is 32.8 Å². The molecule has 2 aromatic heterocycles. The molecule has 180 valence electrons. The van der Waals surface area contributed by atoms with Crippen LogP contribution in [0.1, 0.15) is 56.1 Å². The van der Waals surface area contributed by atoms with Gasteiger partial charge < -0.3 is 10.1 Å². The minimum atomic E-state index is -0.382. The van der Waals surface area contributed by atoms with Crippen molar-refractivity contribution in [3.05, 3.63) is 91.8 Å². The second-order valence-electron chi connectivity index (χ2n) is 8.84. The number of benzene rings is 2. The number of nitrogens with zero attached hydrogens (tertiary/aromatic N) is 2. The fourth-order valence-corrected chi connectivity index (χ4v) is 4.88. The first kappa shape index (κ1) is 24.3. The molecular formula is C27H27N3O4S. The number of carbonyl (C=O) groups is 2. The van der Waals surface area contributed by atoms with Gasteiger partial charge in [-0.05, 0) is 69.5 Å². The minimum absolute atomic E-state index is 0.194. The zero-order chi connectivity index (χ0) is 25.3. The van der Waals surface area contributed by atoms with Crippen LogP contribution in [0.5, 0.6) is 0 Å². The van der Waals surface area contributed by atoms with Gasteiger partial charge >= 0.3 is 5.97 Å². The van der Waals surface area contributed by atoms with Gasteiger partial charge in [-0.3, -0.25) is 14.2 Å². The highest BCUT2D eigenvalue weighted by atomic mass is 32.1. The van der Waals surface area contributed by atoms with Crippen LogP contribution in [0.25, 0.3) is 10.2 Å². The molecule has 0 atom stereocenters. The van der Waals surface area contributed by atoms with E-state index in [0.717, 1.165) is 22.4 Å². The van der Waals surface area contributed by atoms with Gasteiger partial charge in [0.1, 0.15) is 4.83 Å². The molecule has 35 heavy (non-hydrogen) atoms. The first-order chi connectivity index (χ1) is 16.6. The van der Waals surface area contributed by atoms with Crippen LogP contribution in [0.2, 0.25) is 0 Å². The lowest BCUT2D eigenvalue weighted by Crippen LogP contribution is -2.21. The summed E-state index contributed by atoms with van der Waals surface area (Å²) in [6.45, 7) is 9.61. The van der Waals surface area contributed by atoms with Gasteiger partial charge in [-0.2, -0.15) is 0 Å². The Balaban J connectivity index is 1.58. The average Bonchev–Trinajstić information content (AvgIpc) is 3.14. The van der Waals surface area contributed by atoms with Crippen molar-refractivity contribution < 1.29 is 14.3 Å². The van der Waals surface area contributed by atoms with Crippen LogP contribution in [0.3, 0.4) is 0 Å². The average molecular weight is 490 g/mol. The summed E-state index contributed by atoms with van der Waals surface area (Å²) in [7, 11) is 0.